The third-order valence-electron chi connectivity index (χ3n) is 3.84. The zero-order chi connectivity index (χ0) is 14.8. The number of hydrogen-bond donors (Lipinski definition) is 1. The third-order valence-corrected chi connectivity index (χ3v) is 3.84. The first-order valence-electron chi connectivity index (χ1n) is 8.44. The van der Waals surface area contributed by atoms with Crippen molar-refractivity contribution < 1.29 is 5.11 Å². The van der Waals surface area contributed by atoms with Crippen molar-refractivity contribution in [3.63, 3.8) is 0 Å². The van der Waals surface area contributed by atoms with Crippen LogP contribution in [0.15, 0.2) is 18.2 Å². The molecule has 0 heterocycles. The van der Waals surface area contributed by atoms with Crippen molar-refractivity contribution in [2.24, 2.45) is 5.92 Å². The van der Waals surface area contributed by atoms with Gasteiger partial charge in [-0.25, -0.2) is 0 Å². The molecule has 1 nitrogen and oxygen atoms in total. The summed E-state index contributed by atoms with van der Waals surface area (Å²) in [6, 6.07) is 6.15. The van der Waals surface area contributed by atoms with Gasteiger partial charge in [0.15, 0.2) is 0 Å². The van der Waals surface area contributed by atoms with E-state index in [1.54, 1.807) is 0 Å². The van der Waals surface area contributed by atoms with E-state index in [-0.39, 0.29) is 0 Å². The maximum atomic E-state index is 9.88. The number of aromatic hydroxyl groups is 1. The molecular weight excluding hydrogens is 244 g/mol. The highest BCUT2D eigenvalue weighted by molar-refractivity contribution is 5.36. The summed E-state index contributed by atoms with van der Waals surface area (Å²) < 4.78 is 0. The lowest BCUT2D eigenvalue weighted by molar-refractivity contribution is 0.462. The number of rotatable bonds is 10. The van der Waals surface area contributed by atoms with Crippen LogP contribution in [0.2, 0.25) is 0 Å². The maximum absolute atomic E-state index is 9.88. The molecule has 0 spiro atoms. The Balaban J connectivity index is 2.29. The molecule has 1 rings (SSSR count). The Hall–Kier alpha value is -0.980. The molecule has 0 saturated carbocycles. The Morgan fingerprint density at radius 2 is 1.60 bits per heavy atom. The fraction of sp³-hybridized carbons (Fsp3) is 0.684. The van der Waals surface area contributed by atoms with Crippen LogP contribution in [0.5, 0.6) is 5.75 Å². The molecule has 20 heavy (non-hydrogen) atoms. The fourth-order valence-corrected chi connectivity index (χ4v) is 2.68. The van der Waals surface area contributed by atoms with Gasteiger partial charge >= 0.3 is 0 Å². The average molecular weight is 276 g/mol. The van der Waals surface area contributed by atoms with Crippen LogP contribution in [0.25, 0.3) is 0 Å². The molecule has 1 aromatic rings. The highest BCUT2D eigenvalue weighted by Gasteiger charge is 2.05. The fourth-order valence-electron chi connectivity index (χ4n) is 2.68. The van der Waals surface area contributed by atoms with Crippen LogP contribution in [0.4, 0.5) is 0 Å². The van der Waals surface area contributed by atoms with Crippen molar-refractivity contribution in [3.8, 4) is 5.75 Å². The predicted octanol–water partition coefficient (Wildman–Crippen LogP) is 5.88. The van der Waals surface area contributed by atoms with Crippen molar-refractivity contribution in [2.75, 3.05) is 0 Å². The zero-order valence-corrected chi connectivity index (χ0v) is 13.6. The van der Waals surface area contributed by atoms with Crippen molar-refractivity contribution in [1.29, 1.82) is 0 Å². The predicted molar refractivity (Wildman–Crippen MR) is 88.3 cm³/mol. The van der Waals surface area contributed by atoms with Crippen molar-refractivity contribution in [3.05, 3.63) is 29.3 Å². The van der Waals surface area contributed by atoms with Gasteiger partial charge in [-0.2, -0.15) is 0 Å². The maximum Gasteiger partial charge on any atom is 0.118 e. The highest BCUT2D eigenvalue weighted by atomic mass is 16.3. The van der Waals surface area contributed by atoms with Crippen LogP contribution < -0.4 is 0 Å². The molecule has 114 valence electrons. The van der Waals surface area contributed by atoms with Gasteiger partial charge < -0.3 is 5.11 Å². The molecule has 0 atom stereocenters. The first kappa shape index (κ1) is 17.1. The van der Waals surface area contributed by atoms with Crippen LogP contribution in [0.1, 0.15) is 76.8 Å². The van der Waals surface area contributed by atoms with Crippen LogP contribution in [0, 0.1) is 5.92 Å². The van der Waals surface area contributed by atoms with E-state index in [9.17, 15) is 5.11 Å². The lowest BCUT2D eigenvalue weighted by Crippen LogP contribution is -1.96. The van der Waals surface area contributed by atoms with Gasteiger partial charge in [-0.15, -0.1) is 0 Å². The summed E-state index contributed by atoms with van der Waals surface area (Å²) in [4.78, 5) is 0. The van der Waals surface area contributed by atoms with E-state index in [0.29, 0.717) is 11.7 Å². The minimum absolute atomic E-state index is 0.460. The molecular formula is C19H32O. The Kier molecular flexibility index (Phi) is 8.41. The number of phenols is 1. The summed E-state index contributed by atoms with van der Waals surface area (Å²) in [6.07, 6.45) is 11.6. The van der Waals surface area contributed by atoms with Gasteiger partial charge in [0, 0.05) is 0 Å². The van der Waals surface area contributed by atoms with Crippen molar-refractivity contribution in [1.82, 2.24) is 0 Å². The first-order valence-corrected chi connectivity index (χ1v) is 8.44. The van der Waals surface area contributed by atoms with Gasteiger partial charge in [0.05, 0.1) is 0 Å². The number of phenolic OH excluding ortho intramolecular Hbond substituents is 1. The van der Waals surface area contributed by atoms with Crippen molar-refractivity contribution >= 4 is 0 Å². The number of unbranched alkanes of at least 4 members (excludes halogenated alkanes) is 6. The molecule has 0 unspecified atom stereocenters. The SMILES string of the molecule is CCCCCCCCCc1ccc(O)c(CC(C)C)c1. The standard InChI is InChI=1S/C19H32O/c1-4-5-6-7-8-9-10-11-17-12-13-19(20)18(15-17)14-16(2)3/h12-13,15-16,20H,4-11,14H2,1-3H3. The molecule has 0 radical (unpaired) electrons. The summed E-state index contributed by atoms with van der Waals surface area (Å²) in [6.45, 7) is 6.66. The van der Waals surface area contributed by atoms with E-state index in [1.807, 2.05) is 6.07 Å². The topological polar surface area (TPSA) is 20.2 Å². The molecule has 1 heteroatoms. The third kappa shape index (κ3) is 6.98. The van der Waals surface area contributed by atoms with Gasteiger partial charge in [-0.05, 0) is 42.4 Å². The van der Waals surface area contributed by atoms with Gasteiger partial charge in [-0.3, -0.25) is 0 Å². The second kappa shape index (κ2) is 9.85. The van der Waals surface area contributed by atoms with Crippen molar-refractivity contribution in [2.45, 2.75) is 78.6 Å². The lowest BCUT2D eigenvalue weighted by Gasteiger charge is -2.10. The summed E-state index contributed by atoms with van der Waals surface area (Å²) in [5, 5.41) is 9.88. The normalized spacial score (nSPS) is 11.2. The Morgan fingerprint density at radius 1 is 0.950 bits per heavy atom. The molecule has 1 N–H and O–H groups in total. The second-order valence-corrected chi connectivity index (χ2v) is 6.43. The molecule has 0 fully saturated rings. The molecule has 0 aliphatic heterocycles. The monoisotopic (exact) mass is 276 g/mol. The smallest absolute Gasteiger partial charge is 0.118 e. The quantitative estimate of drug-likeness (QED) is 0.529. The summed E-state index contributed by atoms with van der Waals surface area (Å²) in [5.41, 5.74) is 2.49. The number of hydrogen-bond acceptors (Lipinski definition) is 1. The average Bonchev–Trinajstić information content (AvgIpc) is 2.40. The van der Waals surface area contributed by atoms with E-state index in [0.717, 1.165) is 18.4 Å². The van der Waals surface area contributed by atoms with Crippen LogP contribution >= 0.6 is 0 Å². The summed E-state index contributed by atoms with van der Waals surface area (Å²) >= 11 is 0. The second-order valence-electron chi connectivity index (χ2n) is 6.43. The van der Waals surface area contributed by atoms with E-state index in [1.165, 1.54) is 50.5 Å². The zero-order valence-electron chi connectivity index (χ0n) is 13.6. The highest BCUT2D eigenvalue weighted by Crippen LogP contribution is 2.22. The van der Waals surface area contributed by atoms with E-state index < -0.39 is 0 Å². The Bertz CT molecular complexity index is 368. The summed E-state index contributed by atoms with van der Waals surface area (Å²) in [7, 11) is 0. The van der Waals surface area contributed by atoms with Gasteiger partial charge in [0.1, 0.15) is 5.75 Å². The summed E-state index contributed by atoms with van der Waals surface area (Å²) in [5.74, 6) is 1.05. The first-order chi connectivity index (χ1) is 9.63. The van der Waals surface area contributed by atoms with Gasteiger partial charge in [0.25, 0.3) is 0 Å². The molecule has 0 aromatic heterocycles. The van der Waals surface area contributed by atoms with Gasteiger partial charge in [0.2, 0.25) is 0 Å². The molecule has 0 aliphatic rings. The van der Waals surface area contributed by atoms with Crippen LogP contribution in [-0.4, -0.2) is 5.11 Å². The lowest BCUT2D eigenvalue weighted by atomic mass is 9.97. The molecule has 0 aliphatic carbocycles. The van der Waals surface area contributed by atoms with E-state index >= 15 is 0 Å². The Morgan fingerprint density at radius 3 is 2.25 bits per heavy atom. The molecule has 0 saturated heterocycles. The molecule has 0 bridgehead atoms. The minimum atomic E-state index is 0.460. The van der Waals surface area contributed by atoms with E-state index in [4.69, 9.17) is 0 Å². The largest absolute Gasteiger partial charge is 0.508 e. The molecule has 1 aromatic carbocycles. The van der Waals surface area contributed by atoms with Crippen LogP contribution in [-0.2, 0) is 12.8 Å². The number of aryl methyl sites for hydroxylation is 1. The Labute approximate surface area is 125 Å². The minimum Gasteiger partial charge on any atom is -0.508 e. The molecule has 0 amide bonds. The van der Waals surface area contributed by atoms with Gasteiger partial charge in [-0.1, -0.05) is 71.4 Å². The number of benzene rings is 1. The van der Waals surface area contributed by atoms with Crippen LogP contribution in [0.3, 0.4) is 0 Å². The van der Waals surface area contributed by atoms with E-state index in [2.05, 4.69) is 32.9 Å².